The molecule has 3 heterocycles. The molecule has 0 unspecified atom stereocenters. The van der Waals surface area contributed by atoms with Crippen molar-refractivity contribution in [3.63, 3.8) is 0 Å². The molecule has 0 atom stereocenters. The minimum absolute atomic E-state index is 0.0273. The predicted molar refractivity (Wildman–Crippen MR) is 90.4 cm³/mol. The highest BCUT2D eigenvalue weighted by Crippen LogP contribution is 2.31. The Hall–Kier alpha value is -1.66. The fraction of sp³-hybridized carbons (Fsp3) is 0.375. The Kier molecular flexibility index (Phi) is 4.90. The summed E-state index contributed by atoms with van der Waals surface area (Å²) >= 11 is 3.19. The summed E-state index contributed by atoms with van der Waals surface area (Å²) in [5, 5.41) is 4.97. The van der Waals surface area contributed by atoms with Gasteiger partial charge in [-0.3, -0.25) is 9.59 Å². The molecule has 2 aromatic heterocycles. The number of hydrogen-bond acceptors (Lipinski definition) is 4. The van der Waals surface area contributed by atoms with Gasteiger partial charge in [-0.2, -0.15) is 0 Å². The molecule has 22 heavy (non-hydrogen) atoms. The Morgan fingerprint density at radius 3 is 2.91 bits per heavy atom. The quantitative estimate of drug-likeness (QED) is 0.825. The summed E-state index contributed by atoms with van der Waals surface area (Å²) in [6.07, 6.45) is 2.44. The van der Waals surface area contributed by atoms with E-state index in [0.717, 1.165) is 35.7 Å². The normalized spacial score (nSPS) is 14.5. The maximum Gasteiger partial charge on any atom is 0.261 e. The first kappa shape index (κ1) is 15.2. The number of carbonyl (C=O) groups excluding carboxylic acids is 2. The van der Waals surface area contributed by atoms with Gasteiger partial charge < -0.3 is 10.2 Å². The Morgan fingerprint density at radius 1 is 1.27 bits per heavy atom. The van der Waals surface area contributed by atoms with Crippen molar-refractivity contribution in [1.82, 2.24) is 10.2 Å². The van der Waals surface area contributed by atoms with E-state index < -0.39 is 0 Å². The number of nitrogens with zero attached hydrogens (tertiary/aromatic N) is 1. The minimum atomic E-state index is -0.0273. The molecule has 116 valence electrons. The van der Waals surface area contributed by atoms with Gasteiger partial charge in [0.2, 0.25) is 5.91 Å². The fourth-order valence-electron chi connectivity index (χ4n) is 2.51. The van der Waals surface area contributed by atoms with Gasteiger partial charge in [-0.1, -0.05) is 6.07 Å². The molecule has 0 bridgehead atoms. The van der Waals surface area contributed by atoms with Gasteiger partial charge in [-0.25, -0.2) is 0 Å². The van der Waals surface area contributed by atoms with E-state index in [9.17, 15) is 9.59 Å². The third kappa shape index (κ3) is 3.56. The average Bonchev–Trinajstić information content (AvgIpc) is 3.24. The van der Waals surface area contributed by atoms with Crippen LogP contribution in [0.25, 0.3) is 9.75 Å². The topological polar surface area (TPSA) is 49.4 Å². The van der Waals surface area contributed by atoms with Gasteiger partial charge in [0, 0.05) is 35.8 Å². The smallest absolute Gasteiger partial charge is 0.261 e. The molecular formula is C16H18N2O2S2. The van der Waals surface area contributed by atoms with Gasteiger partial charge in [0.05, 0.1) is 4.88 Å². The van der Waals surface area contributed by atoms with E-state index in [1.165, 1.54) is 16.2 Å². The van der Waals surface area contributed by atoms with E-state index in [-0.39, 0.29) is 11.8 Å². The molecule has 6 heteroatoms. The van der Waals surface area contributed by atoms with Crippen LogP contribution in [-0.4, -0.2) is 36.3 Å². The summed E-state index contributed by atoms with van der Waals surface area (Å²) in [7, 11) is 0. The summed E-state index contributed by atoms with van der Waals surface area (Å²) in [5.41, 5.74) is 0. The zero-order valence-electron chi connectivity index (χ0n) is 12.2. The number of thiophene rings is 2. The van der Waals surface area contributed by atoms with Gasteiger partial charge in [0.1, 0.15) is 0 Å². The zero-order valence-corrected chi connectivity index (χ0v) is 13.8. The summed E-state index contributed by atoms with van der Waals surface area (Å²) in [6, 6.07) is 7.94. The van der Waals surface area contributed by atoms with E-state index in [1.54, 1.807) is 11.3 Å². The van der Waals surface area contributed by atoms with Crippen molar-refractivity contribution in [2.24, 2.45) is 0 Å². The van der Waals surface area contributed by atoms with Crippen molar-refractivity contribution in [3.05, 3.63) is 34.5 Å². The van der Waals surface area contributed by atoms with Gasteiger partial charge in [0.25, 0.3) is 5.91 Å². The lowest BCUT2D eigenvalue weighted by Gasteiger charge is -2.15. The van der Waals surface area contributed by atoms with Crippen molar-refractivity contribution >= 4 is 34.5 Å². The highest BCUT2D eigenvalue weighted by molar-refractivity contribution is 7.22. The number of carbonyl (C=O) groups is 2. The first-order chi connectivity index (χ1) is 10.7. The Labute approximate surface area is 137 Å². The molecule has 1 aliphatic rings. The molecule has 1 saturated heterocycles. The monoisotopic (exact) mass is 334 g/mol. The third-order valence-corrected chi connectivity index (χ3v) is 5.81. The van der Waals surface area contributed by atoms with E-state index in [4.69, 9.17) is 0 Å². The molecule has 3 rings (SSSR count). The highest BCUT2D eigenvalue weighted by Gasteiger charge is 2.19. The molecular weight excluding hydrogens is 316 g/mol. The number of nitrogens with one attached hydrogen (secondary N) is 1. The van der Waals surface area contributed by atoms with Crippen LogP contribution in [0, 0.1) is 0 Å². The Bertz CT molecular complexity index is 649. The summed E-state index contributed by atoms with van der Waals surface area (Å²) in [5.74, 6) is 0.214. The lowest BCUT2D eigenvalue weighted by molar-refractivity contribution is -0.127. The largest absolute Gasteiger partial charge is 0.351 e. The molecule has 0 aromatic carbocycles. The van der Waals surface area contributed by atoms with Crippen LogP contribution in [0.3, 0.4) is 0 Å². The van der Waals surface area contributed by atoms with Crippen LogP contribution < -0.4 is 5.32 Å². The first-order valence-electron chi connectivity index (χ1n) is 7.44. The molecule has 0 saturated carbocycles. The SMILES string of the molecule is O=C(NCCCN1CCCC1=O)c1ccc(-c2cccs2)s1. The molecule has 2 aromatic rings. The van der Waals surface area contributed by atoms with E-state index in [2.05, 4.69) is 11.4 Å². The molecule has 1 aliphatic heterocycles. The Balaban J connectivity index is 1.45. The maximum absolute atomic E-state index is 12.1. The lowest BCUT2D eigenvalue weighted by atomic mass is 10.3. The molecule has 1 fully saturated rings. The maximum atomic E-state index is 12.1. The predicted octanol–water partition coefficient (Wildman–Crippen LogP) is 3.22. The number of hydrogen-bond donors (Lipinski definition) is 1. The molecule has 0 spiro atoms. The van der Waals surface area contributed by atoms with Gasteiger partial charge in [0.15, 0.2) is 0 Å². The van der Waals surface area contributed by atoms with Crippen LogP contribution in [0.1, 0.15) is 28.9 Å². The summed E-state index contributed by atoms with van der Waals surface area (Å²) in [6.45, 7) is 2.21. The van der Waals surface area contributed by atoms with Crippen LogP contribution in [-0.2, 0) is 4.79 Å². The Morgan fingerprint density at radius 2 is 2.18 bits per heavy atom. The van der Waals surface area contributed by atoms with E-state index in [1.807, 2.05) is 28.5 Å². The number of rotatable bonds is 6. The summed E-state index contributed by atoms with van der Waals surface area (Å²) < 4.78 is 0. The average molecular weight is 334 g/mol. The van der Waals surface area contributed by atoms with Crippen LogP contribution in [0.4, 0.5) is 0 Å². The first-order valence-corrected chi connectivity index (χ1v) is 9.13. The molecule has 2 amide bonds. The fourth-order valence-corrected chi connectivity index (χ4v) is 4.27. The van der Waals surface area contributed by atoms with Crippen molar-refractivity contribution in [2.45, 2.75) is 19.3 Å². The second kappa shape index (κ2) is 7.07. The van der Waals surface area contributed by atoms with Gasteiger partial charge in [-0.05, 0) is 36.4 Å². The number of likely N-dealkylation sites (tertiary alicyclic amines) is 1. The third-order valence-electron chi connectivity index (χ3n) is 3.66. The van der Waals surface area contributed by atoms with E-state index >= 15 is 0 Å². The van der Waals surface area contributed by atoms with Crippen LogP contribution in [0.2, 0.25) is 0 Å². The van der Waals surface area contributed by atoms with Crippen molar-refractivity contribution in [3.8, 4) is 9.75 Å². The molecule has 0 radical (unpaired) electrons. The molecule has 0 aliphatic carbocycles. The van der Waals surface area contributed by atoms with E-state index in [0.29, 0.717) is 13.0 Å². The number of amides is 2. The highest BCUT2D eigenvalue weighted by atomic mass is 32.1. The second-order valence-corrected chi connectivity index (χ2v) is 7.27. The summed E-state index contributed by atoms with van der Waals surface area (Å²) in [4.78, 5) is 28.5. The van der Waals surface area contributed by atoms with Crippen molar-refractivity contribution in [2.75, 3.05) is 19.6 Å². The van der Waals surface area contributed by atoms with Gasteiger partial charge in [-0.15, -0.1) is 22.7 Å². The van der Waals surface area contributed by atoms with Crippen molar-refractivity contribution in [1.29, 1.82) is 0 Å². The zero-order chi connectivity index (χ0) is 15.4. The van der Waals surface area contributed by atoms with Crippen LogP contribution in [0.5, 0.6) is 0 Å². The lowest BCUT2D eigenvalue weighted by Crippen LogP contribution is -2.30. The van der Waals surface area contributed by atoms with Crippen LogP contribution in [0.15, 0.2) is 29.6 Å². The standard InChI is InChI=1S/C16H18N2O2S2/c19-15-5-1-9-18(15)10-3-8-17-16(20)14-7-6-13(22-14)12-4-2-11-21-12/h2,4,6-7,11H,1,3,5,8-10H2,(H,17,20). The molecule has 4 nitrogen and oxygen atoms in total. The van der Waals surface area contributed by atoms with Gasteiger partial charge >= 0.3 is 0 Å². The molecule has 1 N–H and O–H groups in total. The second-order valence-electron chi connectivity index (χ2n) is 5.23. The van der Waals surface area contributed by atoms with Crippen LogP contribution >= 0.6 is 22.7 Å². The van der Waals surface area contributed by atoms with Crippen molar-refractivity contribution < 1.29 is 9.59 Å². The minimum Gasteiger partial charge on any atom is -0.351 e.